The predicted molar refractivity (Wildman–Crippen MR) is 51.4 cm³/mol. The van der Waals surface area contributed by atoms with Crippen LogP contribution in [0.4, 0.5) is 0 Å². The monoisotopic (exact) mass is 179 g/mol. The molecule has 0 aliphatic heterocycles. The highest BCUT2D eigenvalue weighted by atomic mass is 16.5. The van der Waals surface area contributed by atoms with Crippen molar-refractivity contribution < 1.29 is 5.21 Å². The summed E-state index contributed by atoms with van der Waals surface area (Å²) in [5.74, 6) is 0.0244. The molecule has 70 valence electrons. The number of guanidine groups is 1. The molecule has 1 aromatic carbocycles. The lowest BCUT2D eigenvalue weighted by Gasteiger charge is -2.07. The number of nitrogens with one attached hydrogen (secondary N) is 1. The molecule has 0 saturated carbocycles. The molecular weight excluding hydrogens is 166 g/mol. The average molecular weight is 179 g/mol. The lowest BCUT2D eigenvalue weighted by atomic mass is 10.1. The van der Waals surface area contributed by atoms with Crippen molar-refractivity contribution in [1.82, 2.24) is 5.48 Å². The zero-order valence-electron chi connectivity index (χ0n) is 7.44. The first kappa shape index (κ1) is 9.54. The summed E-state index contributed by atoms with van der Waals surface area (Å²) in [7, 11) is 0. The lowest BCUT2D eigenvalue weighted by Crippen LogP contribution is -2.28. The van der Waals surface area contributed by atoms with E-state index in [0.29, 0.717) is 0 Å². The molecule has 0 fully saturated rings. The van der Waals surface area contributed by atoms with Gasteiger partial charge in [-0.3, -0.25) is 5.21 Å². The van der Waals surface area contributed by atoms with Crippen molar-refractivity contribution in [3.05, 3.63) is 35.9 Å². The van der Waals surface area contributed by atoms with Crippen molar-refractivity contribution >= 4 is 5.96 Å². The maximum Gasteiger partial charge on any atom is 0.213 e. The molecule has 1 atom stereocenters. The van der Waals surface area contributed by atoms with Crippen LogP contribution in [0.15, 0.2) is 35.3 Å². The van der Waals surface area contributed by atoms with Crippen LogP contribution in [0.25, 0.3) is 0 Å². The smallest absolute Gasteiger partial charge is 0.213 e. The molecule has 4 heteroatoms. The fourth-order valence-electron chi connectivity index (χ4n) is 1.04. The van der Waals surface area contributed by atoms with Crippen molar-refractivity contribution in [3.8, 4) is 0 Å². The first-order valence-electron chi connectivity index (χ1n) is 4.02. The van der Waals surface area contributed by atoms with E-state index in [4.69, 9.17) is 10.9 Å². The second kappa shape index (κ2) is 4.47. The number of nitrogens with two attached hydrogens (primary N) is 1. The number of hydrogen-bond donors (Lipinski definition) is 3. The van der Waals surface area contributed by atoms with Crippen LogP contribution >= 0.6 is 0 Å². The van der Waals surface area contributed by atoms with Crippen molar-refractivity contribution in [1.29, 1.82) is 0 Å². The molecule has 1 unspecified atom stereocenters. The summed E-state index contributed by atoms with van der Waals surface area (Å²) >= 11 is 0. The van der Waals surface area contributed by atoms with E-state index in [1.54, 1.807) is 5.48 Å². The predicted octanol–water partition coefficient (Wildman–Crippen LogP) is 1.04. The van der Waals surface area contributed by atoms with Gasteiger partial charge >= 0.3 is 0 Å². The third-order valence-electron chi connectivity index (χ3n) is 1.73. The van der Waals surface area contributed by atoms with Gasteiger partial charge in [0.05, 0.1) is 6.04 Å². The highest BCUT2D eigenvalue weighted by Gasteiger charge is 2.01. The van der Waals surface area contributed by atoms with Gasteiger partial charge in [-0.1, -0.05) is 30.3 Å². The van der Waals surface area contributed by atoms with Crippen LogP contribution in [0.5, 0.6) is 0 Å². The third kappa shape index (κ3) is 2.76. The quantitative estimate of drug-likeness (QED) is 0.361. The highest BCUT2D eigenvalue weighted by Crippen LogP contribution is 2.14. The van der Waals surface area contributed by atoms with Gasteiger partial charge in [-0.2, -0.15) is 0 Å². The third-order valence-corrected chi connectivity index (χ3v) is 1.73. The van der Waals surface area contributed by atoms with Crippen LogP contribution < -0.4 is 11.2 Å². The maximum absolute atomic E-state index is 8.42. The van der Waals surface area contributed by atoms with Crippen LogP contribution in [0.1, 0.15) is 18.5 Å². The molecule has 13 heavy (non-hydrogen) atoms. The number of hydroxylamine groups is 1. The Balaban J connectivity index is 2.75. The molecule has 0 aliphatic carbocycles. The Morgan fingerprint density at radius 3 is 2.62 bits per heavy atom. The van der Waals surface area contributed by atoms with E-state index in [9.17, 15) is 0 Å². The number of benzene rings is 1. The Bertz CT molecular complexity index is 284. The second-order valence-corrected chi connectivity index (χ2v) is 2.71. The summed E-state index contributed by atoms with van der Waals surface area (Å²) in [6.07, 6.45) is 0. The number of hydrogen-bond acceptors (Lipinski definition) is 2. The van der Waals surface area contributed by atoms with Crippen LogP contribution in [0.3, 0.4) is 0 Å². The first-order chi connectivity index (χ1) is 6.24. The van der Waals surface area contributed by atoms with E-state index in [-0.39, 0.29) is 12.0 Å². The van der Waals surface area contributed by atoms with Gasteiger partial charge < -0.3 is 5.73 Å². The second-order valence-electron chi connectivity index (χ2n) is 2.71. The van der Waals surface area contributed by atoms with E-state index < -0.39 is 0 Å². The average Bonchev–Trinajstić information content (AvgIpc) is 2.19. The SMILES string of the molecule is CC(N=C(N)NO)c1ccccc1. The molecule has 0 bridgehead atoms. The minimum Gasteiger partial charge on any atom is -0.368 e. The fourth-order valence-corrected chi connectivity index (χ4v) is 1.04. The van der Waals surface area contributed by atoms with Gasteiger partial charge in [-0.25, -0.2) is 10.5 Å². The summed E-state index contributed by atoms with van der Waals surface area (Å²) in [5.41, 5.74) is 8.15. The van der Waals surface area contributed by atoms with Crippen LogP contribution in [-0.4, -0.2) is 11.2 Å². The molecule has 0 aliphatic rings. The van der Waals surface area contributed by atoms with Crippen molar-refractivity contribution in [2.75, 3.05) is 0 Å². The Morgan fingerprint density at radius 1 is 1.46 bits per heavy atom. The van der Waals surface area contributed by atoms with Crippen molar-refractivity contribution in [2.45, 2.75) is 13.0 Å². The highest BCUT2D eigenvalue weighted by molar-refractivity contribution is 5.76. The van der Waals surface area contributed by atoms with Gasteiger partial charge in [0.1, 0.15) is 0 Å². The zero-order chi connectivity index (χ0) is 9.68. The van der Waals surface area contributed by atoms with Gasteiger partial charge in [0.15, 0.2) is 0 Å². The molecule has 4 N–H and O–H groups in total. The standard InChI is InChI=1S/C9H13N3O/c1-7(11-9(10)12-13)8-5-3-2-4-6-8/h2-7,13H,1H3,(H3,10,11,12). The molecule has 0 radical (unpaired) electrons. The molecule has 0 amide bonds. The molecule has 0 heterocycles. The van der Waals surface area contributed by atoms with Crippen LogP contribution in [0, 0.1) is 0 Å². The van der Waals surface area contributed by atoms with Crippen LogP contribution in [0.2, 0.25) is 0 Å². The summed E-state index contributed by atoms with van der Waals surface area (Å²) in [4.78, 5) is 4.00. The Kier molecular flexibility index (Phi) is 3.28. The van der Waals surface area contributed by atoms with Gasteiger partial charge in [0.2, 0.25) is 5.96 Å². The fraction of sp³-hybridized carbons (Fsp3) is 0.222. The van der Waals surface area contributed by atoms with E-state index in [1.165, 1.54) is 0 Å². The topological polar surface area (TPSA) is 70.6 Å². The summed E-state index contributed by atoms with van der Waals surface area (Å²) in [6, 6.07) is 9.67. The summed E-state index contributed by atoms with van der Waals surface area (Å²) < 4.78 is 0. The lowest BCUT2D eigenvalue weighted by molar-refractivity contribution is 0.232. The van der Waals surface area contributed by atoms with Crippen LogP contribution in [-0.2, 0) is 0 Å². The summed E-state index contributed by atoms with van der Waals surface area (Å²) in [6.45, 7) is 1.90. The van der Waals surface area contributed by atoms with Gasteiger partial charge in [0, 0.05) is 0 Å². The minimum atomic E-state index is -0.0548. The number of nitrogens with zero attached hydrogens (tertiary/aromatic N) is 1. The molecule has 1 rings (SSSR count). The van der Waals surface area contributed by atoms with E-state index in [2.05, 4.69) is 4.99 Å². The molecular formula is C9H13N3O. The first-order valence-corrected chi connectivity index (χ1v) is 4.02. The Hall–Kier alpha value is -1.55. The van der Waals surface area contributed by atoms with E-state index in [1.807, 2.05) is 37.3 Å². The minimum absolute atomic E-state index is 0.0244. The normalized spacial score (nSPS) is 13.8. The molecule has 1 aromatic rings. The number of aliphatic imine (C=N–C) groups is 1. The Morgan fingerprint density at radius 2 is 2.08 bits per heavy atom. The number of rotatable bonds is 2. The molecule has 0 aromatic heterocycles. The molecule has 0 spiro atoms. The molecule has 0 saturated heterocycles. The van der Waals surface area contributed by atoms with Crippen molar-refractivity contribution in [3.63, 3.8) is 0 Å². The maximum atomic E-state index is 8.42. The van der Waals surface area contributed by atoms with Gasteiger partial charge in [0.25, 0.3) is 0 Å². The Labute approximate surface area is 77.1 Å². The summed E-state index contributed by atoms with van der Waals surface area (Å²) in [5, 5.41) is 8.42. The largest absolute Gasteiger partial charge is 0.368 e. The van der Waals surface area contributed by atoms with E-state index >= 15 is 0 Å². The van der Waals surface area contributed by atoms with Crippen molar-refractivity contribution in [2.24, 2.45) is 10.7 Å². The van der Waals surface area contributed by atoms with E-state index in [0.717, 1.165) is 5.56 Å². The van der Waals surface area contributed by atoms with Gasteiger partial charge in [-0.15, -0.1) is 0 Å². The zero-order valence-corrected chi connectivity index (χ0v) is 7.44. The molecule has 4 nitrogen and oxygen atoms in total. The van der Waals surface area contributed by atoms with Gasteiger partial charge in [-0.05, 0) is 12.5 Å².